The maximum absolute atomic E-state index is 8.49. The Kier molecular flexibility index (Phi) is 4.04. The van der Waals surface area contributed by atoms with Crippen molar-refractivity contribution < 1.29 is 10.0 Å². The number of rotatable bonds is 3. The second-order valence-electron chi connectivity index (χ2n) is 1.62. The van der Waals surface area contributed by atoms with Crippen LogP contribution in [0.2, 0.25) is 0 Å². The number of hydrogen-bond acceptors (Lipinski definition) is 1. The molecule has 0 bridgehead atoms. The summed E-state index contributed by atoms with van der Waals surface area (Å²) >= 11 is 0. The third kappa shape index (κ3) is 2.60. The lowest BCUT2D eigenvalue weighted by Gasteiger charge is -2.09. The van der Waals surface area contributed by atoms with E-state index in [1.54, 1.807) is 0 Å². The molecule has 0 fully saturated rings. The average Bonchev–Trinajstić information content (AvgIpc) is 1.72. The van der Waals surface area contributed by atoms with Crippen molar-refractivity contribution in [2.24, 2.45) is 0 Å². The molecule has 44 valence electrons. The van der Waals surface area contributed by atoms with Gasteiger partial charge in [0.15, 0.2) is 6.73 Å². The fourth-order valence-corrected chi connectivity index (χ4v) is 0.474. The zero-order valence-electron chi connectivity index (χ0n) is 5.07. The van der Waals surface area contributed by atoms with E-state index >= 15 is 0 Å². The number of quaternary nitrogens is 1. The SMILES string of the molecule is CC[NH+](CC)CO. The smallest absolute Gasteiger partial charge is 0.178 e. The van der Waals surface area contributed by atoms with E-state index in [9.17, 15) is 0 Å². The van der Waals surface area contributed by atoms with E-state index in [4.69, 9.17) is 5.11 Å². The largest absolute Gasteiger partial charge is 0.347 e. The van der Waals surface area contributed by atoms with Crippen molar-refractivity contribution in [1.82, 2.24) is 0 Å². The van der Waals surface area contributed by atoms with E-state index in [2.05, 4.69) is 13.8 Å². The molecule has 0 aliphatic heterocycles. The lowest BCUT2D eigenvalue weighted by Crippen LogP contribution is -3.11. The van der Waals surface area contributed by atoms with Crippen molar-refractivity contribution in [3.63, 3.8) is 0 Å². The maximum Gasteiger partial charge on any atom is 0.178 e. The Morgan fingerprint density at radius 1 is 1.29 bits per heavy atom. The van der Waals surface area contributed by atoms with Crippen LogP contribution in [0, 0.1) is 0 Å². The summed E-state index contributed by atoms with van der Waals surface area (Å²) in [5.41, 5.74) is 0. The van der Waals surface area contributed by atoms with E-state index in [-0.39, 0.29) is 6.73 Å². The van der Waals surface area contributed by atoms with Gasteiger partial charge in [-0.1, -0.05) is 0 Å². The zero-order chi connectivity index (χ0) is 5.70. The predicted molar refractivity (Wildman–Crippen MR) is 29.1 cm³/mol. The number of hydrogen-bond donors (Lipinski definition) is 2. The van der Waals surface area contributed by atoms with Crippen molar-refractivity contribution in [3.05, 3.63) is 0 Å². The van der Waals surface area contributed by atoms with Gasteiger partial charge in [0.2, 0.25) is 0 Å². The molecule has 0 saturated carbocycles. The Labute approximate surface area is 44.8 Å². The molecule has 0 radical (unpaired) electrons. The van der Waals surface area contributed by atoms with Gasteiger partial charge >= 0.3 is 0 Å². The lowest BCUT2D eigenvalue weighted by molar-refractivity contribution is -0.915. The third-order valence-electron chi connectivity index (χ3n) is 1.22. The van der Waals surface area contributed by atoms with Crippen LogP contribution in [0.1, 0.15) is 13.8 Å². The summed E-state index contributed by atoms with van der Waals surface area (Å²) in [6, 6.07) is 0. The van der Waals surface area contributed by atoms with Gasteiger partial charge in [-0.2, -0.15) is 0 Å². The first-order valence-electron chi connectivity index (χ1n) is 2.79. The molecule has 0 atom stereocenters. The van der Waals surface area contributed by atoms with Crippen molar-refractivity contribution in [1.29, 1.82) is 0 Å². The number of aliphatic hydroxyl groups excluding tert-OH is 1. The van der Waals surface area contributed by atoms with Gasteiger partial charge in [-0.05, 0) is 13.8 Å². The maximum atomic E-state index is 8.49. The minimum Gasteiger partial charge on any atom is -0.347 e. The molecule has 0 saturated heterocycles. The normalized spacial score (nSPS) is 10.3. The Hall–Kier alpha value is -0.0800. The summed E-state index contributed by atoms with van der Waals surface area (Å²) in [5, 5.41) is 8.49. The van der Waals surface area contributed by atoms with Gasteiger partial charge in [-0.15, -0.1) is 0 Å². The Morgan fingerprint density at radius 2 is 1.71 bits per heavy atom. The third-order valence-corrected chi connectivity index (χ3v) is 1.22. The highest BCUT2D eigenvalue weighted by atomic mass is 16.3. The van der Waals surface area contributed by atoms with Crippen LogP contribution in [0.4, 0.5) is 0 Å². The highest BCUT2D eigenvalue weighted by molar-refractivity contribution is 4.06. The van der Waals surface area contributed by atoms with Crippen LogP contribution in [0.5, 0.6) is 0 Å². The van der Waals surface area contributed by atoms with Gasteiger partial charge in [0.25, 0.3) is 0 Å². The molecule has 0 amide bonds. The quantitative estimate of drug-likeness (QED) is 0.435. The highest BCUT2D eigenvalue weighted by Crippen LogP contribution is 1.42. The van der Waals surface area contributed by atoms with E-state index in [1.807, 2.05) is 0 Å². The molecule has 2 N–H and O–H groups in total. The topological polar surface area (TPSA) is 24.7 Å². The van der Waals surface area contributed by atoms with Gasteiger partial charge in [-0.3, -0.25) is 0 Å². The van der Waals surface area contributed by atoms with Gasteiger partial charge in [0.1, 0.15) is 0 Å². The van der Waals surface area contributed by atoms with Gasteiger partial charge in [-0.25, -0.2) is 0 Å². The predicted octanol–water partition coefficient (Wildman–Crippen LogP) is -1.14. The first-order chi connectivity index (χ1) is 3.35. The lowest BCUT2D eigenvalue weighted by atomic mass is 10.6. The van der Waals surface area contributed by atoms with Crippen LogP contribution in [0.25, 0.3) is 0 Å². The van der Waals surface area contributed by atoms with Crippen LogP contribution in [-0.4, -0.2) is 24.9 Å². The molecule has 0 aromatic carbocycles. The summed E-state index contributed by atoms with van der Waals surface area (Å²) < 4.78 is 0. The van der Waals surface area contributed by atoms with Crippen LogP contribution < -0.4 is 4.90 Å². The molecule has 0 aromatic heterocycles. The van der Waals surface area contributed by atoms with Gasteiger partial charge < -0.3 is 10.0 Å². The summed E-state index contributed by atoms with van der Waals surface area (Å²) in [7, 11) is 0. The summed E-state index contributed by atoms with van der Waals surface area (Å²) in [6.45, 7) is 6.44. The molecular formula is C5H14NO+. The van der Waals surface area contributed by atoms with Crippen LogP contribution in [-0.2, 0) is 0 Å². The zero-order valence-corrected chi connectivity index (χ0v) is 5.07. The molecule has 0 aliphatic carbocycles. The Balaban J connectivity index is 2.99. The second-order valence-corrected chi connectivity index (χ2v) is 1.62. The van der Waals surface area contributed by atoms with Gasteiger partial charge in [0, 0.05) is 0 Å². The summed E-state index contributed by atoms with van der Waals surface area (Å²) in [6.07, 6.45) is 0. The minimum absolute atomic E-state index is 0.271. The molecule has 0 spiro atoms. The first-order valence-corrected chi connectivity index (χ1v) is 2.79. The van der Waals surface area contributed by atoms with Crippen LogP contribution in [0.15, 0.2) is 0 Å². The fourth-order valence-electron chi connectivity index (χ4n) is 0.474. The minimum atomic E-state index is 0.271. The van der Waals surface area contributed by atoms with Crippen LogP contribution in [0.3, 0.4) is 0 Å². The molecule has 2 nitrogen and oxygen atoms in total. The van der Waals surface area contributed by atoms with E-state index in [0.717, 1.165) is 13.1 Å². The van der Waals surface area contributed by atoms with Crippen molar-refractivity contribution >= 4 is 0 Å². The molecule has 0 unspecified atom stereocenters. The van der Waals surface area contributed by atoms with Crippen molar-refractivity contribution in [2.45, 2.75) is 13.8 Å². The monoisotopic (exact) mass is 104 g/mol. The molecule has 2 heteroatoms. The molecule has 0 rings (SSSR count). The van der Waals surface area contributed by atoms with E-state index < -0.39 is 0 Å². The van der Waals surface area contributed by atoms with Crippen molar-refractivity contribution in [3.8, 4) is 0 Å². The number of nitrogens with one attached hydrogen (secondary N) is 1. The fraction of sp³-hybridized carbons (Fsp3) is 1.00. The van der Waals surface area contributed by atoms with E-state index in [0.29, 0.717) is 0 Å². The summed E-state index contributed by atoms with van der Waals surface area (Å²) in [4.78, 5) is 1.24. The van der Waals surface area contributed by atoms with Crippen LogP contribution >= 0.6 is 0 Å². The molecule has 0 aliphatic rings. The molecule has 7 heavy (non-hydrogen) atoms. The highest BCUT2D eigenvalue weighted by Gasteiger charge is 1.94. The Bertz CT molecular complexity index is 29.6. The molecule has 0 heterocycles. The molecule has 0 aromatic rings. The number of aliphatic hydroxyl groups is 1. The van der Waals surface area contributed by atoms with E-state index in [1.165, 1.54) is 4.90 Å². The standard InChI is InChI=1S/C5H13NO/c1-3-6(4-2)5-7/h7H,3-5H2,1-2H3/p+1. The summed E-state index contributed by atoms with van der Waals surface area (Å²) in [5.74, 6) is 0. The van der Waals surface area contributed by atoms with Gasteiger partial charge in [0.05, 0.1) is 13.1 Å². The van der Waals surface area contributed by atoms with Crippen molar-refractivity contribution in [2.75, 3.05) is 19.8 Å². The first kappa shape index (κ1) is 6.92. The molecular weight excluding hydrogens is 90.1 g/mol. The Morgan fingerprint density at radius 3 is 1.71 bits per heavy atom. The average molecular weight is 104 g/mol. The second kappa shape index (κ2) is 4.09.